The summed E-state index contributed by atoms with van der Waals surface area (Å²) < 4.78 is 20.9. The second kappa shape index (κ2) is 11.6. The van der Waals surface area contributed by atoms with Crippen molar-refractivity contribution in [3.05, 3.63) is 40.7 Å². The van der Waals surface area contributed by atoms with E-state index in [4.69, 9.17) is 16.3 Å². The topological polar surface area (TPSA) is 94.0 Å². The molecule has 38 heavy (non-hydrogen) atoms. The Morgan fingerprint density at radius 3 is 2.61 bits per heavy atom. The van der Waals surface area contributed by atoms with Crippen molar-refractivity contribution in [1.82, 2.24) is 19.7 Å². The minimum atomic E-state index is -1.24. The molecule has 0 radical (unpaired) electrons. The van der Waals surface area contributed by atoms with Crippen LogP contribution >= 0.6 is 11.6 Å². The van der Waals surface area contributed by atoms with E-state index >= 15 is 0 Å². The molecule has 1 atom stereocenters. The van der Waals surface area contributed by atoms with Gasteiger partial charge in [0.05, 0.1) is 34.5 Å². The van der Waals surface area contributed by atoms with E-state index in [1.54, 1.807) is 24.1 Å². The van der Waals surface area contributed by atoms with Crippen molar-refractivity contribution in [2.24, 2.45) is 13.0 Å². The van der Waals surface area contributed by atoms with Crippen LogP contribution in [0, 0.1) is 12.8 Å². The quantitative estimate of drug-likeness (QED) is 0.277. The smallest absolute Gasteiger partial charge is 0.229 e. The Morgan fingerprint density at radius 1 is 1.13 bits per heavy atom. The van der Waals surface area contributed by atoms with Crippen LogP contribution in [0.15, 0.2) is 29.6 Å². The fraction of sp³-hybridized carbons (Fsp3) is 0.536. The number of rotatable bonds is 10. The van der Waals surface area contributed by atoms with Gasteiger partial charge in [-0.05, 0) is 67.7 Å². The summed E-state index contributed by atoms with van der Waals surface area (Å²) in [5.41, 5.74) is 4.11. The van der Waals surface area contributed by atoms with Gasteiger partial charge in [-0.2, -0.15) is 10.1 Å². The number of nitrogens with zero attached hydrogens (tertiary/aromatic N) is 4. The number of hydrogen-bond acceptors (Lipinski definition) is 7. The van der Waals surface area contributed by atoms with Crippen LogP contribution in [0.3, 0.4) is 0 Å². The predicted octanol–water partition coefficient (Wildman–Crippen LogP) is 7.01. The molecular formula is C28H37ClN6O2S. The summed E-state index contributed by atoms with van der Waals surface area (Å²) in [6.07, 6.45) is 12.2. The van der Waals surface area contributed by atoms with Crippen molar-refractivity contribution < 1.29 is 8.95 Å². The summed E-state index contributed by atoms with van der Waals surface area (Å²) >= 11 is 6.47. The van der Waals surface area contributed by atoms with Crippen LogP contribution in [-0.4, -0.2) is 35.8 Å². The summed E-state index contributed by atoms with van der Waals surface area (Å²) in [5, 5.41) is 11.9. The van der Waals surface area contributed by atoms with E-state index < -0.39 is 10.8 Å². The van der Waals surface area contributed by atoms with Crippen LogP contribution in [-0.2, 0) is 17.8 Å². The van der Waals surface area contributed by atoms with Gasteiger partial charge in [0.1, 0.15) is 10.8 Å². The molecule has 0 bridgehead atoms. The Kier molecular flexibility index (Phi) is 8.23. The first-order valence-electron chi connectivity index (χ1n) is 13.6. The molecule has 3 aromatic rings. The number of aromatic nitrogens is 4. The molecule has 0 saturated heterocycles. The van der Waals surface area contributed by atoms with Gasteiger partial charge in [0.25, 0.3) is 0 Å². The second-order valence-corrected chi connectivity index (χ2v) is 12.7. The van der Waals surface area contributed by atoms with Gasteiger partial charge in [0, 0.05) is 19.0 Å². The molecule has 2 aliphatic carbocycles. The summed E-state index contributed by atoms with van der Waals surface area (Å²) in [5.74, 6) is 3.07. The average Bonchev–Trinajstić information content (AvgIpc) is 3.62. The molecule has 5 rings (SSSR count). The molecule has 2 fully saturated rings. The monoisotopic (exact) mass is 556 g/mol. The zero-order valence-electron chi connectivity index (χ0n) is 22.6. The zero-order chi connectivity index (χ0) is 26.8. The SMILES string of the molecule is Cc1cc(Nc2ncc(Cl)c(Nc3cn(C)nc3S(=O)CC(C)C)n2)c(OC2CC2)cc1C1CCCCC1. The molecule has 8 nitrogen and oxygen atoms in total. The predicted molar refractivity (Wildman–Crippen MR) is 154 cm³/mol. The summed E-state index contributed by atoms with van der Waals surface area (Å²) in [6.45, 7) is 6.25. The Morgan fingerprint density at radius 2 is 1.89 bits per heavy atom. The second-order valence-electron chi connectivity index (χ2n) is 10.9. The Labute approximate surface area is 232 Å². The van der Waals surface area contributed by atoms with Gasteiger partial charge in [-0.15, -0.1) is 0 Å². The maximum absolute atomic E-state index is 12.9. The van der Waals surface area contributed by atoms with Gasteiger partial charge in [0.2, 0.25) is 5.95 Å². The lowest BCUT2D eigenvalue weighted by molar-refractivity contribution is 0.304. The van der Waals surface area contributed by atoms with Crippen molar-refractivity contribution in [2.75, 3.05) is 16.4 Å². The van der Waals surface area contributed by atoms with E-state index in [9.17, 15) is 4.21 Å². The molecule has 2 N–H and O–H groups in total. The van der Waals surface area contributed by atoms with Crippen molar-refractivity contribution in [2.45, 2.75) is 82.8 Å². The lowest BCUT2D eigenvalue weighted by Gasteiger charge is -2.25. The lowest BCUT2D eigenvalue weighted by atomic mass is 9.82. The number of benzene rings is 1. The Hall–Kier alpha value is -2.65. The molecule has 10 heteroatoms. The van der Waals surface area contributed by atoms with Gasteiger partial charge >= 0.3 is 0 Å². The summed E-state index contributed by atoms with van der Waals surface area (Å²) in [7, 11) is 0.557. The van der Waals surface area contributed by atoms with Crippen LogP contribution in [0.25, 0.3) is 0 Å². The number of aryl methyl sites for hydroxylation is 2. The standard InChI is InChI=1S/C28H37ClN6O2S/c1-17(2)16-38(36)27-24(15-35(4)34-27)31-26-22(29)14-30-28(33-26)32-23-12-18(3)21(19-8-6-5-7-9-19)13-25(23)37-20-10-11-20/h12-15,17,19-20H,5-11,16H2,1-4H3,(H2,30,31,32,33). The summed E-state index contributed by atoms with van der Waals surface area (Å²) in [4.78, 5) is 9.08. The number of anilines is 4. The first-order valence-corrected chi connectivity index (χ1v) is 15.3. The van der Waals surface area contributed by atoms with Crippen molar-refractivity contribution >= 4 is 45.5 Å². The lowest BCUT2D eigenvalue weighted by Crippen LogP contribution is -2.10. The van der Waals surface area contributed by atoms with E-state index in [-0.39, 0.29) is 12.0 Å². The average molecular weight is 557 g/mol. The maximum Gasteiger partial charge on any atom is 0.229 e. The largest absolute Gasteiger partial charge is 0.488 e. The number of halogens is 1. The van der Waals surface area contributed by atoms with Crippen molar-refractivity contribution in [3.8, 4) is 5.75 Å². The third-order valence-electron chi connectivity index (χ3n) is 6.97. The zero-order valence-corrected chi connectivity index (χ0v) is 24.2. The number of ether oxygens (including phenoxy) is 1. The summed E-state index contributed by atoms with van der Waals surface area (Å²) in [6, 6.07) is 4.38. The van der Waals surface area contributed by atoms with Gasteiger partial charge in [-0.3, -0.25) is 8.89 Å². The van der Waals surface area contributed by atoms with E-state index in [0.29, 0.717) is 39.2 Å². The van der Waals surface area contributed by atoms with Gasteiger partial charge in [-0.1, -0.05) is 44.7 Å². The van der Waals surface area contributed by atoms with Crippen molar-refractivity contribution in [3.63, 3.8) is 0 Å². The minimum absolute atomic E-state index is 0.275. The molecule has 2 heterocycles. The molecule has 1 unspecified atom stereocenters. The number of nitrogens with one attached hydrogen (secondary N) is 2. The molecule has 0 aliphatic heterocycles. The number of hydrogen-bond donors (Lipinski definition) is 2. The normalized spacial score (nSPS) is 17.0. The maximum atomic E-state index is 12.9. The molecular weight excluding hydrogens is 520 g/mol. The third-order valence-corrected chi connectivity index (χ3v) is 8.95. The fourth-order valence-electron chi connectivity index (χ4n) is 4.98. The highest BCUT2D eigenvalue weighted by atomic mass is 35.5. The molecule has 0 amide bonds. The van der Waals surface area contributed by atoms with Gasteiger partial charge in [0.15, 0.2) is 10.8 Å². The van der Waals surface area contributed by atoms with Crippen LogP contribution in [0.1, 0.15) is 75.8 Å². The van der Waals surface area contributed by atoms with Gasteiger partial charge < -0.3 is 15.4 Å². The first kappa shape index (κ1) is 26.9. The van der Waals surface area contributed by atoms with Crippen LogP contribution in [0.5, 0.6) is 5.75 Å². The molecule has 204 valence electrons. The first-order chi connectivity index (χ1) is 18.3. The third kappa shape index (κ3) is 6.49. The van der Waals surface area contributed by atoms with Gasteiger partial charge in [-0.25, -0.2) is 4.98 Å². The minimum Gasteiger partial charge on any atom is -0.488 e. The highest BCUT2D eigenvalue weighted by Gasteiger charge is 2.27. The molecule has 0 spiro atoms. The molecule has 2 aliphatic rings. The van der Waals surface area contributed by atoms with E-state index in [1.807, 2.05) is 13.8 Å². The van der Waals surface area contributed by atoms with E-state index in [0.717, 1.165) is 24.3 Å². The fourth-order valence-corrected chi connectivity index (χ4v) is 6.46. The highest BCUT2D eigenvalue weighted by Crippen LogP contribution is 2.41. The van der Waals surface area contributed by atoms with Crippen LogP contribution < -0.4 is 15.4 Å². The Bertz CT molecular complexity index is 1320. The van der Waals surface area contributed by atoms with Crippen LogP contribution in [0.4, 0.5) is 23.1 Å². The van der Waals surface area contributed by atoms with Crippen molar-refractivity contribution in [1.29, 1.82) is 0 Å². The van der Waals surface area contributed by atoms with E-state index in [1.165, 1.54) is 43.2 Å². The molecule has 2 saturated carbocycles. The molecule has 1 aromatic carbocycles. The van der Waals surface area contributed by atoms with Crippen LogP contribution in [0.2, 0.25) is 5.02 Å². The highest BCUT2D eigenvalue weighted by molar-refractivity contribution is 7.85. The molecule has 2 aromatic heterocycles. The Balaban J connectivity index is 1.41. The van der Waals surface area contributed by atoms with E-state index in [2.05, 4.69) is 44.8 Å².